The van der Waals surface area contributed by atoms with E-state index in [9.17, 15) is 19.3 Å². The average molecular weight is 310 g/mol. The minimum atomic E-state index is -0.861. The highest BCUT2D eigenvalue weighted by Crippen LogP contribution is 2.36. The summed E-state index contributed by atoms with van der Waals surface area (Å²) >= 11 is 1.30. The van der Waals surface area contributed by atoms with Crippen molar-refractivity contribution < 1.29 is 9.31 Å². The first-order chi connectivity index (χ1) is 10.1. The number of rotatable bonds is 5. The smallest absolute Gasteiger partial charge is 0.267 e. The second kappa shape index (κ2) is 5.32. The molecule has 110 valence electrons. The first-order valence-electron chi connectivity index (χ1n) is 6.29. The summed E-state index contributed by atoms with van der Waals surface area (Å²) in [7, 11) is 0. The van der Waals surface area contributed by atoms with Gasteiger partial charge in [-0.25, -0.2) is 9.89 Å². The van der Waals surface area contributed by atoms with Crippen molar-refractivity contribution in [2.45, 2.75) is 29.8 Å². The summed E-state index contributed by atoms with van der Waals surface area (Å²) in [4.78, 5) is 21.4. The van der Waals surface area contributed by atoms with Crippen LogP contribution in [0.3, 0.4) is 0 Å². The number of hydrogen-bond acceptors (Lipinski definition) is 5. The Balaban J connectivity index is 1.75. The maximum Gasteiger partial charge on any atom is 0.344 e. The lowest BCUT2D eigenvalue weighted by Gasteiger charge is -2.04. The fourth-order valence-electron chi connectivity index (χ4n) is 1.98. The van der Waals surface area contributed by atoms with Crippen LogP contribution in [0, 0.1) is 15.9 Å². The zero-order valence-corrected chi connectivity index (χ0v) is 11.6. The fourth-order valence-corrected chi connectivity index (χ4v) is 2.94. The molecule has 1 aliphatic carbocycles. The maximum atomic E-state index is 13.5. The zero-order valence-electron chi connectivity index (χ0n) is 10.8. The van der Waals surface area contributed by atoms with Gasteiger partial charge in [-0.2, -0.15) is 4.39 Å². The number of thioether (sulfide) groups is 1. The Bertz CT molecular complexity index is 753. The molecule has 21 heavy (non-hydrogen) atoms. The third-order valence-corrected chi connectivity index (χ3v) is 4.18. The molecule has 1 aliphatic rings. The van der Waals surface area contributed by atoms with Gasteiger partial charge in [0.2, 0.25) is 5.82 Å². The number of H-pyrrole nitrogens is 1. The van der Waals surface area contributed by atoms with Gasteiger partial charge >= 0.3 is 11.4 Å². The van der Waals surface area contributed by atoms with E-state index in [2.05, 4.69) is 10.2 Å². The summed E-state index contributed by atoms with van der Waals surface area (Å²) < 4.78 is 15.1. The summed E-state index contributed by atoms with van der Waals surface area (Å²) in [6.07, 6.45) is 1.91. The Morgan fingerprint density at radius 1 is 1.52 bits per heavy atom. The van der Waals surface area contributed by atoms with E-state index in [0.29, 0.717) is 16.5 Å². The lowest BCUT2D eigenvalue weighted by molar-refractivity contribution is -0.387. The summed E-state index contributed by atoms with van der Waals surface area (Å²) in [6.45, 7) is 0. The summed E-state index contributed by atoms with van der Waals surface area (Å²) in [6, 6.07) is 3.98. The van der Waals surface area contributed by atoms with Crippen molar-refractivity contribution >= 4 is 17.4 Å². The van der Waals surface area contributed by atoms with Crippen molar-refractivity contribution in [1.29, 1.82) is 0 Å². The van der Waals surface area contributed by atoms with E-state index >= 15 is 0 Å². The lowest BCUT2D eigenvalue weighted by atomic mass is 10.2. The molecule has 0 saturated heterocycles. The lowest BCUT2D eigenvalue weighted by Crippen LogP contribution is -2.16. The molecular formula is C12H11FN4O3S. The van der Waals surface area contributed by atoms with E-state index in [1.165, 1.54) is 17.8 Å². The molecular weight excluding hydrogens is 299 g/mol. The Labute approximate surface area is 122 Å². The number of nitrogens with zero attached hydrogens (tertiary/aromatic N) is 3. The van der Waals surface area contributed by atoms with Gasteiger partial charge in [0.05, 0.1) is 4.92 Å². The number of nitro benzene ring substituents is 1. The molecule has 0 amide bonds. The second-order valence-electron chi connectivity index (χ2n) is 4.74. The van der Waals surface area contributed by atoms with Crippen molar-refractivity contribution in [2.75, 3.05) is 0 Å². The molecule has 0 spiro atoms. The Hall–Kier alpha value is -2.16. The normalized spacial score (nSPS) is 14.3. The number of nitro groups is 1. The van der Waals surface area contributed by atoms with Gasteiger partial charge in [0, 0.05) is 17.9 Å². The number of nitrogens with one attached hydrogen (secondary N) is 1. The quantitative estimate of drug-likeness (QED) is 0.519. The summed E-state index contributed by atoms with van der Waals surface area (Å²) in [5.74, 6) is -0.480. The number of hydrogen-bond donors (Lipinski definition) is 1. The predicted octanol–water partition coefficient (Wildman–Crippen LogP) is 2.25. The van der Waals surface area contributed by atoms with Gasteiger partial charge in [0.25, 0.3) is 0 Å². The van der Waals surface area contributed by atoms with E-state index < -0.39 is 16.4 Å². The third-order valence-electron chi connectivity index (χ3n) is 3.16. The highest BCUT2D eigenvalue weighted by Gasteiger charge is 2.28. The molecule has 1 heterocycles. The largest absolute Gasteiger partial charge is 0.344 e. The Morgan fingerprint density at radius 2 is 2.29 bits per heavy atom. The first kappa shape index (κ1) is 13.8. The molecule has 1 fully saturated rings. The van der Waals surface area contributed by atoms with E-state index in [1.807, 2.05) is 0 Å². The van der Waals surface area contributed by atoms with Crippen LogP contribution in [0.2, 0.25) is 0 Å². The molecule has 0 atom stereocenters. The standard InChI is InChI=1S/C12H11FN4O3S/c13-9-5-7(1-4-10(9)17(19)20)6-21-12-15-14-11(18)16(12)8-2-3-8/h1,4-5,8H,2-3,6H2,(H,14,18). The van der Waals surface area contributed by atoms with Crippen LogP contribution in [-0.4, -0.2) is 19.7 Å². The number of benzene rings is 1. The topological polar surface area (TPSA) is 93.8 Å². The van der Waals surface area contributed by atoms with Gasteiger partial charge < -0.3 is 0 Å². The molecule has 1 N–H and O–H groups in total. The Morgan fingerprint density at radius 3 is 2.90 bits per heavy atom. The van der Waals surface area contributed by atoms with Crippen LogP contribution in [0.1, 0.15) is 24.4 Å². The van der Waals surface area contributed by atoms with E-state index in [-0.39, 0.29) is 11.7 Å². The first-order valence-corrected chi connectivity index (χ1v) is 7.27. The number of halogens is 1. The molecule has 3 rings (SSSR count). The SMILES string of the molecule is O=c1[nH]nc(SCc2ccc([N+](=O)[O-])c(F)c2)n1C1CC1. The monoisotopic (exact) mass is 310 g/mol. The van der Waals surface area contributed by atoms with Crippen LogP contribution in [0.4, 0.5) is 10.1 Å². The van der Waals surface area contributed by atoms with Gasteiger partial charge in [0.1, 0.15) is 0 Å². The van der Waals surface area contributed by atoms with Gasteiger partial charge in [-0.3, -0.25) is 14.7 Å². The molecule has 2 aromatic rings. The van der Waals surface area contributed by atoms with Crippen molar-refractivity contribution in [3.05, 3.63) is 50.2 Å². The number of aromatic nitrogens is 3. The maximum absolute atomic E-state index is 13.5. The van der Waals surface area contributed by atoms with Crippen molar-refractivity contribution in [3.8, 4) is 0 Å². The van der Waals surface area contributed by atoms with Crippen LogP contribution < -0.4 is 5.69 Å². The fraction of sp³-hybridized carbons (Fsp3) is 0.333. The van der Waals surface area contributed by atoms with Crippen molar-refractivity contribution in [2.24, 2.45) is 0 Å². The predicted molar refractivity (Wildman–Crippen MR) is 73.7 cm³/mol. The zero-order chi connectivity index (χ0) is 15.0. The highest BCUT2D eigenvalue weighted by molar-refractivity contribution is 7.98. The van der Waals surface area contributed by atoms with Gasteiger partial charge in [0.15, 0.2) is 5.16 Å². The van der Waals surface area contributed by atoms with Crippen LogP contribution in [-0.2, 0) is 5.75 Å². The van der Waals surface area contributed by atoms with Gasteiger partial charge in [-0.05, 0) is 24.5 Å². The minimum Gasteiger partial charge on any atom is -0.267 e. The highest BCUT2D eigenvalue weighted by atomic mass is 32.2. The molecule has 1 saturated carbocycles. The van der Waals surface area contributed by atoms with E-state index in [0.717, 1.165) is 25.0 Å². The summed E-state index contributed by atoms with van der Waals surface area (Å²) in [5, 5.41) is 17.5. The number of aromatic amines is 1. The minimum absolute atomic E-state index is 0.201. The van der Waals surface area contributed by atoms with E-state index in [4.69, 9.17) is 0 Å². The van der Waals surface area contributed by atoms with Crippen LogP contribution in [0.25, 0.3) is 0 Å². The van der Waals surface area contributed by atoms with Gasteiger partial charge in [-0.1, -0.05) is 17.8 Å². The van der Waals surface area contributed by atoms with Crippen LogP contribution in [0.5, 0.6) is 0 Å². The molecule has 0 unspecified atom stereocenters. The molecule has 1 aromatic heterocycles. The second-order valence-corrected chi connectivity index (χ2v) is 5.69. The molecule has 9 heteroatoms. The molecule has 0 aliphatic heterocycles. The average Bonchev–Trinajstić information content (AvgIpc) is 3.20. The third kappa shape index (κ3) is 2.82. The van der Waals surface area contributed by atoms with E-state index in [1.54, 1.807) is 4.57 Å². The van der Waals surface area contributed by atoms with Crippen molar-refractivity contribution in [1.82, 2.24) is 14.8 Å². The van der Waals surface area contributed by atoms with Crippen LogP contribution >= 0.6 is 11.8 Å². The molecule has 7 nitrogen and oxygen atoms in total. The van der Waals surface area contributed by atoms with Crippen molar-refractivity contribution in [3.63, 3.8) is 0 Å². The molecule has 1 aromatic carbocycles. The summed E-state index contributed by atoms with van der Waals surface area (Å²) in [5.41, 5.74) is -0.186. The van der Waals surface area contributed by atoms with Crippen LogP contribution in [0.15, 0.2) is 28.2 Å². The molecule has 0 radical (unpaired) electrons. The van der Waals surface area contributed by atoms with Gasteiger partial charge in [-0.15, -0.1) is 5.10 Å². The Kier molecular flexibility index (Phi) is 3.50. The molecule has 0 bridgehead atoms.